The second-order valence-corrected chi connectivity index (χ2v) is 25.0. The number of hydrogen-bond donors (Lipinski definition) is 0. The summed E-state index contributed by atoms with van der Waals surface area (Å²) < 4.78 is 0. The Hall–Kier alpha value is -5.74. The number of benzene rings is 6. The van der Waals surface area contributed by atoms with E-state index in [1.54, 1.807) is 0 Å². The lowest BCUT2D eigenvalue weighted by Gasteiger charge is -2.48. The third-order valence-electron chi connectivity index (χ3n) is 15.8. The zero-order valence-corrected chi connectivity index (χ0v) is 45.2. The van der Waals surface area contributed by atoms with Crippen molar-refractivity contribution in [3.05, 3.63) is 172 Å². The van der Waals surface area contributed by atoms with Crippen LogP contribution in [0.2, 0.25) is 0 Å². The van der Waals surface area contributed by atoms with Gasteiger partial charge in [0, 0.05) is 45.5 Å². The van der Waals surface area contributed by atoms with Crippen LogP contribution in [0.1, 0.15) is 162 Å². The number of fused-ring (bicyclic) bond motifs is 5. The second kappa shape index (κ2) is 17.0. The highest BCUT2D eigenvalue weighted by atomic mass is 15.2. The van der Waals surface area contributed by atoms with Crippen molar-refractivity contribution < 1.29 is 0 Å². The first-order valence-electron chi connectivity index (χ1n) is 25.9. The van der Waals surface area contributed by atoms with Crippen LogP contribution in [0.25, 0.3) is 0 Å². The molecule has 0 saturated heterocycles. The summed E-state index contributed by atoms with van der Waals surface area (Å²) in [5.41, 5.74) is 24.7. The third kappa shape index (κ3) is 8.38. The topological polar surface area (TPSA) is 9.72 Å². The molecule has 3 nitrogen and oxygen atoms in total. The van der Waals surface area contributed by atoms with E-state index in [4.69, 9.17) is 0 Å². The molecule has 356 valence electrons. The van der Waals surface area contributed by atoms with Gasteiger partial charge in [-0.25, -0.2) is 0 Å². The van der Waals surface area contributed by atoms with E-state index in [0.717, 1.165) is 36.3 Å². The molecule has 0 saturated carbocycles. The maximum absolute atomic E-state index is 2.68. The molecule has 0 amide bonds. The zero-order valence-electron chi connectivity index (χ0n) is 45.2. The largest absolute Gasteiger partial charge is 0.311 e. The van der Waals surface area contributed by atoms with Crippen LogP contribution in [0.5, 0.6) is 0 Å². The van der Waals surface area contributed by atoms with Crippen molar-refractivity contribution in [2.75, 3.05) is 14.7 Å². The first-order chi connectivity index (χ1) is 32.4. The lowest BCUT2D eigenvalue weighted by atomic mass is 9.33. The standard InChI is InChI=1S/C65H78BN3/c1-18-20-24-47(19-2)67(48-25-22-21-23-26-48)50-31-32-53-55(39-50)69(60-42(3)35-45(36-43(60)4)62(8,9)10)58-38-46(63(11,12)13)37-57-59(58)66(53)54-40-51-52(65(16,17)34-33-64(51,14)15)41-56(54)68(57)49-29-27-44(28-30-49)61(5,6)7/h19-32,35-41H,18,33-34H2,1-17H3/b24-20-,47-19+. The normalized spacial score (nSPS) is 16.3. The number of hydrogen-bond acceptors (Lipinski definition) is 3. The Morgan fingerprint density at radius 2 is 1.12 bits per heavy atom. The fraction of sp³-hybridized carbons (Fsp3) is 0.385. The molecular weight excluding hydrogens is 834 g/mol. The maximum Gasteiger partial charge on any atom is 0.252 e. The molecule has 0 bridgehead atoms. The van der Waals surface area contributed by atoms with E-state index in [1.807, 2.05) is 0 Å². The molecule has 0 N–H and O–H groups in total. The van der Waals surface area contributed by atoms with Crippen molar-refractivity contribution in [3.63, 3.8) is 0 Å². The minimum Gasteiger partial charge on any atom is -0.311 e. The minimum absolute atomic E-state index is 0.00336. The monoisotopic (exact) mass is 912 g/mol. The number of para-hydroxylation sites is 1. The van der Waals surface area contributed by atoms with Crippen molar-refractivity contribution in [2.45, 2.75) is 164 Å². The van der Waals surface area contributed by atoms with Gasteiger partial charge >= 0.3 is 0 Å². The van der Waals surface area contributed by atoms with Crippen LogP contribution in [0, 0.1) is 13.8 Å². The van der Waals surface area contributed by atoms with E-state index in [1.165, 1.54) is 89.5 Å². The first-order valence-corrected chi connectivity index (χ1v) is 25.9. The summed E-state index contributed by atoms with van der Waals surface area (Å²) >= 11 is 0. The van der Waals surface area contributed by atoms with E-state index < -0.39 is 0 Å². The van der Waals surface area contributed by atoms with Gasteiger partial charge in [-0.2, -0.15) is 0 Å². The summed E-state index contributed by atoms with van der Waals surface area (Å²) in [6.45, 7) is 40.1. The molecule has 4 heteroatoms. The summed E-state index contributed by atoms with van der Waals surface area (Å²) in [5, 5.41) is 0. The van der Waals surface area contributed by atoms with E-state index in [0.29, 0.717) is 0 Å². The molecule has 2 aliphatic heterocycles. The molecule has 1 aliphatic carbocycles. The Morgan fingerprint density at radius 3 is 1.67 bits per heavy atom. The first kappa shape index (κ1) is 48.3. The molecule has 0 unspecified atom stereocenters. The molecule has 9 rings (SSSR count). The third-order valence-corrected chi connectivity index (χ3v) is 15.8. The summed E-state index contributed by atoms with van der Waals surface area (Å²) in [7, 11) is 0. The Bertz CT molecular complexity index is 2990. The predicted molar refractivity (Wildman–Crippen MR) is 303 cm³/mol. The average Bonchev–Trinajstić information content (AvgIpc) is 3.28. The number of aryl methyl sites for hydroxylation is 2. The van der Waals surface area contributed by atoms with Gasteiger partial charge in [-0.15, -0.1) is 0 Å². The second-order valence-electron chi connectivity index (χ2n) is 25.0. The van der Waals surface area contributed by atoms with E-state index in [-0.39, 0.29) is 33.8 Å². The van der Waals surface area contributed by atoms with Crippen molar-refractivity contribution >= 4 is 68.6 Å². The number of nitrogens with zero attached hydrogens (tertiary/aromatic N) is 3. The van der Waals surface area contributed by atoms with Crippen LogP contribution >= 0.6 is 0 Å². The molecule has 3 aliphatic rings. The zero-order chi connectivity index (χ0) is 49.7. The SMILES string of the molecule is C/C=C(\C=C/CC)N(c1ccccc1)c1ccc2c(c1)N(c1c(C)cc(C(C)(C)C)cc1C)c1cc(C(C)(C)C)cc3c1B2c1cc2c(cc1N3c1ccc(C(C)(C)C)cc1)C(C)(C)CCC2(C)C. The van der Waals surface area contributed by atoms with E-state index in [9.17, 15) is 0 Å². The number of allylic oxidation sites excluding steroid dienone is 3. The van der Waals surface area contributed by atoms with E-state index in [2.05, 4.69) is 260 Å². The molecule has 0 spiro atoms. The molecule has 0 fully saturated rings. The highest BCUT2D eigenvalue weighted by Gasteiger charge is 2.47. The van der Waals surface area contributed by atoms with Gasteiger partial charge in [0.1, 0.15) is 0 Å². The van der Waals surface area contributed by atoms with Crippen molar-refractivity contribution in [1.29, 1.82) is 0 Å². The van der Waals surface area contributed by atoms with Gasteiger partial charge in [0.15, 0.2) is 0 Å². The van der Waals surface area contributed by atoms with Crippen molar-refractivity contribution in [3.8, 4) is 0 Å². The fourth-order valence-electron chi connectivity index (χ4n) is 11.5. The lowest BCUT2D eigenvalue weighted by molar-refractivity contribution is 0.332. The highest BCUT2D eigenvalue weighted by molar-refractivity contribution is 7.00. The van der Waals surface area contributed by atoms with Gasteiger partial charge in [-0.3, -0.25) is 0 Å². The smallest absolute Gasteiger partial charge is 0.252 e. The molecule has 6 aromatic carbocycles. The molecule has 0 atom stereocenters. The lowest BCUT2D eigenvalue weighted by Crippen LogP contribution is -2.62. The van der Waals surface area contributed by atoms with Crippen molar-refractivity contribution in [1.82, 2.24) is 0 Å². The molecule has 69 heavy (non-hydrogen) atoms. The predicted octanol–water partition coefficient (Wildman–Crippen LogP) is 16.6. The van der Waals surface area contributed by atoms with Crippen molar-refractivity contribution in [2.24, 2.45) is 0 Å². The van der Waals surface area contributed by atoms with Gasteiger partial charge in [-0.1, -0.05) is 164 Å². The maximum atomic E-state index is 2.68. The summed E-state index contributed by atoms with van der Waals surface area (Å²) in [5.74, 6) is 0. The molecule has 0 aromatic heterocycles. The fourth-order valence-corrected chi connectivity index (χ4v) is 11.5. The van der Waals surface area contributed by atoms with Crippen LogP contribution in [-0.4, -0.2) is 6.71 Å². The van der Waals surface area contributed by atoms with Crippen LogP contribution in [0.3, 0.4) is 0 Å². The highest BCUT2D eigenvalue weighted by Crippen LogP contribution is 2.52. The van der Waals surface area contributed by atoms with Crippen LogP contribution in [0.15, 0.2) is 133 Å². The van der Waals surface area contributed by atoms with Gasteiger partial charge in [0.05, 0.1) is 5.69 Å². The summed E-state index contributed by atoms with van der Waals surface area (Å²) in [6, 6.07) is 43.1. The Balaban J connectivity index is 1.44. The average molecular weight is 912 g/mol. The quantitative estimate of drug-likeness (QED) is 0.117. The Kier molecular flexibility index (Phi) is 11.9. The molecule has 2 heterocycles. The minimum atomic E-state index is -0.130. The van der Waals surface area contributed by atoms with E-state index >= 15 is 0 Å². The summed E-state index contributed by atoms with van der Waals surface area (Å²) in [6.07, 6.45) is 10.1. The van der Waals surface area contributed by atoms with Gasteiger partial charge in [0.25, 0.3) is 6.71 Å². The van der Waals surface area contributed by atoms with Crippen LogP contribution in [-0.2, 0) is 27.1 Å². The van der Waals surface area contributed by atoms with Gasteiger partial charge < -0.3 is 14.7 Å². The van der Waals surface area contributed by atoms with Crippen LogP contribution in [0.4, 0.5) is 45.5 Å². The van der Waals surface area contributed by atoms with Gasteiger partial charge in [0.2, 0.25) is 0 Å². The summed E-state index contributed by atoms with van der Waals surface area (Å²) in [4.78, 5) is 7.77. The molecular formula is C65H78BN3. The van der Waals surface area contributed by atoms with Gasteiger partial charge in [-0.05, 0) is 183 Å². The number of rotatable bonds is 7. The Morgan fingerprint density at radius 1 is 0.580 bits per heavy atom. The molecule has 0 radical (unpaired) electrons. The Labute approximate surface area is 417 Å². The van der Waals surface area contributed by atoms with Crippen LogP contribution < -0.4 is 31.1 Å². The molecule has 6 aromatic rings. The number of anilines is 8.